The van der Waals surface area contributed by atoms with Crippen LogP contribution < -0.4 is 5.73 Å². The monoisotopic (exact) mass is 304 g/mol. The lowest BCUT2D eigenvalue weighted by Gasteiger charge is -2.17. The van der Waals surface area contributed by atoms with Crippen LogP contribution in [-0.4, -0.2) is 24.4 Å². The first-order valence-corrected chi connectivity index (χ1v) is 8.57. The van der Waals surface area contributed by atoms with Crippen LogP contribution in [0.2, 0.25) is 0 Å². The molecule has 1 amide bonds. The molecule has 3 nitrogen and oxygen atoms in total. The Kier molecular flexibility index (Phi) is 6.28. The third-order valence-electron chi connectivity index (χ3n) is 4.05. The van der Waals surface area contributed by atoms with Crippen LogP contribution >= 0.6 is 11.3 Å². The third kappa shape index (κ3) is 5.18. The van der Waals surface area contributed by atoms with Crippen LogP contribution in [0.15, 0.2) is 11.4 Å². The number of hydrogen-bond acceptors (Lipinski definition) is 3. The molecule has 1 fully saturated rings. The van der Waals surface area contributed by atoms with Gasteiger partial charge < -0.3 is 10.6 Å². The largest absolute Gasteiger partial charge is 0.341 e. The highest BCUT2D eigenvalue weighted by molar-refractivity contribution is 7.10. The molecule has 0 aliphatic heterocycles. The van der Waals surface area contributed by atoms with Crippen LogP contribution in [-0.2, 0) is 11.3 Å². The van der Waals surface area contributed by atoms with Crippen LogP contribution in [0.25, 0.3) is 0 Å². The van der Waals surface area contributed by atoms with E-state index in [1.807, 2.05) is 18.0 Å². The van der Waals surface area contributed by atoms with Gasteiger partial charge in [-0.15, -0.1) is 11.3 Å². The zero-order valence-corrected chi connectivity index (χ0v) is 13.5. The summed E-state index contributed by atoms with van der Waals surface area (Å²) in [5, 5.41) is 2.07. The van der Waals surface area contributed by atoms with Crippen molar-refractivity contribution in [3.8, 4) is 11.8 Å². The Bertz CT molecular complexity index is 520. The summed E-state index contributed by atoms with van der Waals surface area (Å²) in [4.78, 5) is 15.0. The molecule has 0 unspecified atom stereocenters. The third-order valence-corrected chi connectivity index (χ3v) is 4.95. The quantitative estimate of drug-likeness (QED) is 0.850. The lowest BCUT2D eigenvalue weighted by atomic mass is 10.0. The molecule has 0 spiro atoms. The molecule has 1 heterocycles. The van der Waals surface area contributed by atoms with Crippen molar-refractivity contribution < 1.29 is 4.79 Å². The zero-order valence-electron chi connectivity index (χ0n) is 12.7. The lowest BCUT2D eigenvalue weighted by Crippen LogP contribution is -2.26. The van der Waals surface area contributed by atoms with Crippen molar-refractivity contribution in [3.05, 3.63) is 21.9 Å². The van der Waals surface area contributed by atoms with E-state index in [1.54, 1.807) is 11.3 Å². The topological polar surface area (TPSA) is 46.3 Å². The first-order valence-electron chi connectivity index (χ1n) is 7.69. The fraction of sp³-hybridized carbons (Fsp3) is 0.588. The Morgan fingerprint density at radius 3 is 2.95 bits per heavy atom. The van der Waals surface area contributed by atoms with Crippen molar-refractivity contribution in [3.63, 3.8) is 0 Å². The van der Waals surface area contributed by atoms with Gasteiger partial charge in [0.2, 0.25) is 5.91 Å². The Hall–Kier alpha value is -1.31. The van der Waals surface area contributed by atoms with Crippen molar-refractivity contribution in [1.29, 1.82) is 0 Å². The normalized spacial score (nSPS) is 14.8. The summed E-state index contributed by atoms with van der Waals surface area (Å²) in [5.41, 5.74) is 6.52. The SMILES string of the molecule is CN(Cc1csc(C#CCN)c1)C(=O)CCC1CCCC1. The molecular weight excluding hydrogens is 280 g/mol. The number of carbonyl (C=O) groups is 1. The van der Waals surface area contributed by atoms with E-state index in [9.17, 15) is 4.79 Å². The number of carbonyl (C=O) groups excluding carboxylic acids is 1. The molecule has 1 aliphatic carbocycles. The van der Waals surface area contributed by atoms with Gasteiger partial charge in [-0.1, -0.05) is 37.5 Å². The second-order valence-electron chi connectivity index (χ2n) is 5.76. The van der Waals surface area contributed by atoms with Gasteiger partial charge in [0.1, 0.15) is 0 Å². The Morgan fingerprint density at radius 2 is 2.24 bits per heavy atom. The van der Waals surface area contributed by atoms with Crippen LogP contribution in [0.5, 0.6) is 0 Å². The fourth-order valence-corrected chi connectivity index (χ4v) is 3.61. The van der Waals surface area contributed by atoms with Gasteiger partial charge in [-0.3, -0.25) is 4.79 Å². The van der Waals surface area contributed by atoms with Crippen molar-refractivity contribution in [1.82, 2.24) is 4.90 Å². The molecule has 21 heavy (non-hydrogen) atoms. The maximum Gasteiger partial charge on any atom is 0.222 e. The summed E-state index contributed by atoms with van der Waals surface area (Å²) in [5.74, 6) is 6.91. The Balaban J connectivity index is 1.78. The van der Waals surface area contributed by atoms with Gasteiger partial charge in [-0.2, -0.15) is 0 Å². The molecule has 1 saturated carbocycles. The van der Waals surface area contributed by atoms with E-state index < -0.39 is 0 Å². The molecule has 0 saturated heterocycles. The second-order valence-corrected chi connectivity index (χ2v) is 6.68. The first-order chi connectivity index (χ1) is 10.2. The van der Waals surface area contributed by atoms with E-state index in [2.05, 4.69) is 17.2 Å². The molecule has 0 radical (unpaired) electrons. The summed E-state index contributed by atoms with van der Waals surface area (Å²) in [6, 6.07) is 2.05. The van der Waals surface area contributed by atoms with Gasteiger partial charge in [0, 0.05) is 20.0 Å². The second kappa shape index (κ2) is 8.21. The van der Waals surface area contributed by atoms with Gasteiger partial charge in [-0.25, -0.2) is 0 Å². The predicted octanol–water partition coefficient (Wildman–Crippen LogP) is 2.99. The lowest BCUT2D eigenvalue weighted by molar-refractivity contribution is -0.130. The van der Waals surface area contributed by atoms with E-state index in [1.165, 1.54) is 25.7 Å². The number of amides is 1. The molecule has 2 N–H and O–H groups in total. The highest BCUT2D eigenvalue weighted by Crippen LogP contribution is 2.28. The van der Waals surface area contributed by atoms with Gasteiger partial charge in [0.25, 0.3) is 0 Å². The smallest absolute Gasteiger partial charge is 0.222 e. The van der Waals surface area contributed by atoms with Crippen molar-refractivity contribution in [2.75, 3.05) is 13.6 Å². The van der Waals surface area contributed by atoms with E-state index in [4.69, 9.17) is 5.73 Å². The van der Waals surface area contributed by atoms with E-state index >= 15 is 0 Å². The Labute approximate surface area is 131 Å². The number of hydrogen-bond donors (Lipinski definition) is 1. The van der Waals surface area contributed by atoms with Gasteiger partial charge in [0.05, 0.1) is 11.4 Å². The number of rotatable bonds is 5. The summed E-state index contributed by atoms with van der Waals surface area (Å²) in [6.45, 7) is 1.05. The molecule has 1 aliphatic rings. The molecular formula is C17H24N2OS. The minimum absolute atomic E-state index is 0.252. The molecule has 0 bridgehead atoms. The highest BCUT2D eigenvalue weighted by Gasteiger charge is 2.17. The van der Waals surface area contributed by atoms with Gasteiger partial charge in [0.15, 0.2) is 0 Å². The highest BCUT2D eigenvalue weighted by atomic mass is 32.1. The minimum atomic E-state index is 0.252. The maximum absolute atomic E-state index is 12.2. The Morgan fingerprint density at radius 1 is 1.48 bits per heavy atom. The predicted molar refractivity (Wildman–Crippen MR) is 87.9 cm³/mol. The molecule has 1 aromatic rings. The van der Waals surface area contributed by atoms with E-state index in [-0.39, 0.29) is 5.91 Å². The summed E-state index contributed by atoms with van der Waals surface area (Å²) < 4.78 is 0. The molecule has 2 rings (SSSR count). The summed E-state index contributed by atoms with van der Waals surface area (Å²) in [7, 11) is 1.89. The standard InChI is InChI=1S/C17H24N2OS/c1-19(17(20)9-8-14-5-2-3-6-14)12-15-11-16(21-13-15)7-4-10-18/h11,13-14H,2-3,5-6,8-10,12,18H2,1H3. The van der Waals surface area contributed by atoms with Crippen LogP contribution in [0.3, 0.4) is 0 Å². The van der Waals surface area contributed by atoms with Gasteiger partial charge in [-0.05, 0) is 29.3 Å². The maximum atomic E-state index is 12.2. The zero-order chi connectivity index (χ0) is 15.1. The van der Waals surface area contributed by atoms with Crippen LogP contribution in [0.4, 0.5) is 0 Å². The summed E-state index contributed by atoms with van der Waals surface area (Å²) >= 11 is 1.61. The molecule has 1 aromatic heterocycles. The first kappa shape index (κ1) is 16.1. The molecule has 0 atom stereocenters. The van der Waals surface area contributed by atoms with E-state index in [0.29, 0.717) is 19.5 Å². The molecule has 0 aromatic carbocycles. The van der Waals surface area contributed by atoms with Crippen LogP contribution in [0, 0.1) is 17.8 Å². The van der Waals surface area contributed by atoms with Crippen molar-refractivity contribution in [2.45, 2.75) is 45.1 Å². The fourth-order valence-electron chi connectivity index (χ4n) is 2.84. The molecule has 114 valence electrons. The van der Waals surface area contributed by atoms with Gasteiger partial charge >= 0.3 is 0 Å². The summed E-state index contributed by atoms with van der Waals surface area (Å²) in [6.07, 6.45) is 7.05. The average molecular weight is 304 g/mol. The number of nitrogens with zero attached hydrogens (tertiary/aromatic N) is 1. The molecule has 4 heteroatoms. The number of thiophene rings is 1. The van der Waals surface area contributed by atoms with E-state index in [0.717, 1.165) is 22.8 Å². The van der Waals surface area contributed by atoms with Crippen molar-refractivity contribution in [2.24, 2.45) is 11.7 Å². The minimum Gasteiger partial charge on any atom is -0.341 e. The van der Waals surface area contributed by atoms with Crippen molar-refractivity contribution >= 4 is 17.2 Å². The number of nitrogens with two attached hydrogens (primary N) is 1. The van der Waals surface area contributed by atoms with Crippen LogP contribution in [0.1, 0.15) is 49.0 Å². The average Bonchev–Trinajstić information content (AvgIpc) is 3.14.